The van der Waals surface area contributed by atoms with Gasteiger partial charge in [0.15, 0.2) is 6.10 Å². The van der Waals surface area contributed by atoms with Gasteiger partial charge in [-0.3, -0.25) is 9.59 Å². The third-order valence-electron chi connectivity index (χ3n) is 4.76. The average molecular weight is 385 g/mol. The Balaban J connectivity index is 1.75. The van der Waals surface area contributed by atoms with Crippen LogP contribution >= 0.6 is 11.3 Å². The Morgan fingerprint density at radius 3 is 2.33 bits per heavy atom. The van der Waals surface area contributed by atoms with Gasteiger partial charge in [-0.25, -0.2) is 4.79 Å². The molecule has 0 unspecified atom stereocenters. The molecule has 1 aromatic heterocycles. The zero-order valence-electron chi connectivity index (χ0n) is 15.9. The molecule has 1 fully saturated rings. The summed E-state index contributed by atoms with van der Waals surface area (Å²) < 4.78 is 5.44. The quantitative estimate of drug-likeness (QED) is 0.589. The molecule has 1 heterocycles. The maximum atomic E-state index is 12.7. The fourth-order valence-electron chi connectivity index (χ4n) is 2.75. The average Bonchev–Trinajstić information content (AvgIpc) is 3.42. The molecular weight excluding hydrogens is 362 g/mol. The number of anilines is 1. The first-order chi connectivity index (χ1) is 12.8. The summed E-state index contributed by atoms with van der Waals surface area (Å²) in [6.45, 7) is 7.22. The van der Waals surface area contributed by atoms with Crippen molar-refractivity contribution in [2.24, 2.45) is 5.92 Å². The van der Waals surface area contributed by atoms with E-state index in [0.29, 0.717) is 16.1 Å². The number of amides is 1. The lowest BCUT2D eigenvalue weighted by molar-refractivity contribution is -0.117. The summed E-state index contributed by atoms with van der Waals surface area (Å²) in [6.07, 6.45) is 0.862. The van der Waals surface area contributed by atoms with E-state index in [1.807, 2.05) is 32.9 Å². The molecule has 1 aromatic carbocycles. The van der Waals surface area contributed by atoms with Gasteiger partial charge in [0.2, 0.25) is 11.7 Å². The van der Waals surface area contributed by atoms with Crippen LogP contribution in [0.25, 0.3) is 0 Å². The smallest absolute Gasteiger partial charge is 0.342 e. The van der Waals surface area contributed by atoms with E-state index >= 15 is 0 Å². The van der Waals surface area contributed by atoms with E-state index in [4.69, 9.17) is 4.74 Å². The molecule has 5 nitrogen and oxygen atoms in total. The number of thiophene rings is 1. The Morgan fingerprint density at radius 1 is 1.11 bits per heavy atom. The van der Waals surface area contributed by atoms with Crippen LogP contribution in [-0.2, 0) is 9.53 Å². The number of hydrogen-bond acceptors (Lipinski definition) is 5. The van der Waals surface area contributed by atoms with Crippen LogP contribution in [0.1, 0.15) is 56.5 Å². The molecule has 142 valence electrons. The second-order valence-electron chi connectivity index (χ2n) is 7.03. The van der Waals surface area contributed by atoms with Crippen LogP contribution < -0.4 is 5.32 Å². The minimum atomic E-state index is -0.910. The number of ether oxygens (including phenoxy) is 1. The zero-order valence-corrected chi connectivity index (χ0v) is 16.7. The Bertz CT molecular complexity index is 894. The molecule has 0 radical (unpaired) electrons. The number of aryl methyl sites for hydroxylation is 2. The molecule has 27 heavy (non-hydrogen) atoms. The number of Topliss-reactive ketones (excluding diaryl/α,β-unsaturated/α-hetero) is 1. The second-order valence-corrected chi connectivity index (χ2v) is 8.25. The van der Waals surface area contributed by atoms with Crippen LogP contribution in [0.3, 0.4) is 0 Å². The van der Waals surface area contributed by atoms with Crippen LogP contribution in [0.2, 0.25) is 0 Å². The van der Waals surface area contributed by atoms with Gasteiger partial charge in [-0.05, 0) is 46.1 Å². The maximum absolute atomic E-state index is 12.7. The SMILES string of the molecule is Cc1ccc(C(=O)[C@H](C)OC(=O)c2c(NC(=O)C3CC3)sc(C)c2C)cc1. The van der Waals surface area contributed by atoms with E-state index in [2.05, 4.69) is 5.32 Å². The van der Waals surface area contributed by atoms with Gasteiger partial charge in [0.05, 0.1) is 5.56 Å². The standard InChI is InChI=1S/C21H23NO4S/c1-11-5-7-15(8-6-11)18(23)13(3)26-21(25)17-12(2)14(4)27-20(17)22-19(24)16-9-10-16/h5-8,13,16H,9-10H2,1-4H3,(H,22,24)/t13-/m0/s1. The highest BCUT2D eigenvalue weighted by atomic mass is 32.1. The van der Waals surface area contributed by atoms with E-state index in [9.17, 15) is 14.4 Å². The number of carbonyl (C=O) groups is 3. The van der Waals surface area contributed by atoms with Crippen molar-refractivity contribution in [3.63, 3.8) is 0 Å². The molecule has 1 N–H and O–H groups in total. The number of nitrogens with one attached hydrogen (secondary N) is 1. The van der Waals surface area contributed by atoms with Gasteiger partial charge in [-0.1, -0.05) is 29.8 Å². The van der Waals surface area contributed by atoms with Crippen molar-refractivity contribution in [2.75, 3.05) is 5.32 Å². The van der Waals surface area contributed by atoms with Crippen LogP contribution in [-0.4, -0.2) is 23.8 Å². The van der Waals surface area contributed by atoms with E-state index in [-0.39, 0.29) is 17.6 Å². The highest BCUT2D eigenvalue weighted by molar-refractivity contribution is 7.16. The van der Waals surface area contributed by atoms with Crippen molar-refractivity contribution in [3.8, 4) is 0 Å². The largest absolute Gasteiger partial charge is 0.451 e. The molecule has 1 atom stereocenters. The third kappa shape index (κ3) is 4.27. The molecular formula is C21H23NO4S. The molecule has 1 amide bonds. The van der Waals surface area contributed by atoms with Crippen molar-refractivity contribution in [3.05, 3.63) is 51.4 Å². The van der Waals surface area contributed by atoms with Crippen molar-refractivity contribution < 1.29 is 19.1 Å². The molecule has 3 rings (SSSR count). The Kier molecular flexibility index (Phi) is 5.46. The van der Waals surface area contributed by atoms with Gasteiger partial charge in [0.25, 0.3) is 0 Å². The lowest BCUT2D eigenvalue weighted by Gasteiger charge is -2.14. The monoisotopic (exact) mass is 385 g/mol. The van der Waals surface area contributed by atoms with E-state index in [0.717, 1.165) is 28.8 Å². The fraction of sp³-hybridized carbons (Fsp3) is 0.381. The number of rotatable bonds is 6. The van der Waals surface area contributed by atoms with Gasteiger partial charge >= 0.3 is 5.97 Å². The van der Waals surface area contributed by atoms with Gasteiger partial charge in [0.1, 0.15) is 5.00 Å². The predicted octanol–water partition coefficient (Wildman–Crippen LogP) is 4.45. The molecule has 1 saturated carbocycles. The predicted molar refractivity (Wildman–Crippen MR) is 106 cm³/mol. The molecule has 1 aliphatic carbocycles. The lowest BCUT2D eigenvalue weighted by Crippen LogP contribution is -2.25. The first-order valence-electron chi connectivity index (χ1n) is 9.00. The number of carbonyl (C=O) groups excluding carboxylic acids is 3. The third-order valence-corrected chi connectivity index (χ3v) is 5.89. The summed E-state index contributed by atoms with van der Waals surface area (Å²) in [5.41, 5.74) is 2.67. The second kappa shape index (κ2) is 7.64. The maximum Gasteiger partial charge on any atom is 0.342 e. The van der Waals surface area contributed by atoms with Gasteiger partial charge in [-0.15, -0.1) is 11.3 Å². The fourth-order valence-corrected chi connectivity index (χ4v) is 3.80. The number of esters is 1. The van der Waals surface area contributed by atoms with Crippen molar-refractivity contribution >= 4 is 34.0 Å². The van der Waals surface area contributed by atoms with Crippen molar-refractivity contribution in [1.82, 2.24) is 0 Å². The Hall–Kier alpha value is -2.47. The number of benzene rings is 1. The van der Waals surface area contributed by atoms with Crippen LogP contribution in [0, 0.1) is 26.7 Å². The summed E-state index contributed by atoms with van der Waals surface area (Å²) in [5, 5.41) is 3.35. The van der Waals surface area contributed by atoms with Crippen molar-refractivity contribution in [1.29, 1.82) is 0 Å². The molecule has 2 aromatic rings. The van der Waals surface area contributed by atoms with Crippen LogP contribution in [0.5, 0.6) is 0 Å². The van der Waals surface area contributed by atoms with Crippen molar-refractivity contribution in [2.45, 2.75) is 46.6 Å². The summed E-state index contributed by atoms with van der Waals surface area (Å²) in [6, 6.07) is 7.14. The normalized spacial score (nSPS) is 14.5. The number of ketones is 1. The van der Waals surface area contributed by atoms with Crippen LogP contribution in [0.15, 0.2) is 24.3 Å². The minimum absolute atomic E-state index is 0.0404. The van der Waals surface area contributed by atoms with E-state index in [1.165, 1.54) is 11.3 Å². The van der Waals surface area contributed by atoms with Gasteiger partial charge in [0, 0.05) is 16.4 Å². The van der Waals surface area contributed by atoms with Crippen LogP contribution in [0.4, 0.5) is 5.00 Å². The summed E-state index contributed by atoms with van der Waals surface area (Å²) in [7, 11) is 0. The molecule has 0 bridgehead atoms. The molecule has 0 spiro atoms. The van der Waals surface area contributed by atoms with Gasteiger partial charge in [-0.2, -0.15) is 0 Å². The topological polar surface area (TPSA) is 72.5 Å². The Morgan fingerprint density at radius 2 is 1.74 bits per heavy atom. The summed E-state index contributed by atoms with van der Waals surface area (Å²) in [5.74, 6) is -0.861. The minimum Gasteiger partial charge on any atom is -0.451 e. The highest BCUT2D eigenvalue weighted by Crippen LogP contribution is 2.36. The number of hydrogen-bond donors (Lipinski definition) is 1. The first-order valence-corrected chi connectivity index (χ1v) is 9.82. The first kappa shape index (κ1) is 19.3. The van der Waals surface area contributed by atoms with E-state index in [1.54, 1.807) is 19.1 Å². The molecule has 1 aliphatic rings. The Labute approximate surface area is 162 Å². The molecule has 6 heteroatoms. The lowest BCUT2D eigenvalue weighted by atomic mass is 10.1. The summed E-state index contributed by atoms with van der Waals surface area (Å²) in [4.78, 5) is 38.3. The molecule has 0 aliphatic heterocycles. The summed E-state index contributed by atoms with van der Waals surface area (Å²) >= 11 is 1.36. The van der Waals surface area contributed by atoms with E-state index < -0.39 is 12.1 Å². The molecule has 0 saturated heterocycles. The zero-order chi connectivity index (χ0) is 19.7. The van der Waals surface area contributed by atoms with Gasteiger partial charge < -0.3 is 10.1 Å². The highest BCUT2D eigenvalue weighted by Gasteiger charge is 2.32.